The number of nitrogens with one attached hydrogen (secondary N) is 1. The first kappa shape index (κ1) is 14.8. The van der Waals surface area contributed by atoms with E-state index in [4.69, 9.17) is 11.6 Å². The number of hydrogen-bond donors (Lipinski definition) is 2. The van der Waals surface area contributed by atoms with Gasteiger partial charge in [0, 0.05) is 12.4 Å². The molecular formula is C14H20ClNO2. The molecule has 100 valence electrons. The van der Waals surface area contributed by atoms with Crippen molar-refractivity contribution in [2.24, 2.45) is 0 Å². The van der Waals surface area contributed by atoms with Gasteiger partial charge in [0.25, 0.3) is 5.91 Å². The van der Waals surface area contributed by atoms with Crippen molar-refractivity contribution in [3.05, 3.63) is 29.3 Å². The molecule has 0 aliphatic heterocycles. The highest BCUT2D eigenvalue weighted by molar-refractivity contribution is 6.17. The number of carbonyl (C=O) groups excluding carboxylic acids is 1. The quantitative estimate of drug-likeness (QED) is 0.590. The van der Waals surface area contributed by atoms with Crippen molar-refractivity contribution in [3.63, 3.8) is 0 Å². The molecule has 1 aromatic carbocycles. The molecule has 0 spiro atoms. The molecule has 0 bridgehead atoms. The van der Waals surface area contributed by atoms with Gasteiger partial charge in [0.1, 0.15) is 5.75 Å². The molecule has 4 heteroatoms. The molecule has 0 aliphatic rings. The summed E-state index contributed by atoms with van der Waals surface area (Å²) in [6, 6.07) is 5.17. The number of aromatic hydroxyl groups is 1. The molecule has 0 radical (unpaired) electrons. The smallest absolute Gasteiger partial charge is 0.255 e. The van der Waals surface area contributed by atoms with Gasteiger partial charge in [0.15, 0.2) is 0 Å². The molecule has 1 aromatic rings. The molecule has 0 aliphatic carbocycles. The lowest BCUT2D eigenvalue weighted by atomic mass is 10.1. The average Bonchev–Trinajstić information content (AvgIpc) is 2.36. The summed E-state index contributed by atoms with van der Waals surface area (Å²) in [7, 11) is 0. The van der Waals surface area contributed by atoms with Crippen molar-refractivity contribution < 1.29 is 9.90 Å². The molecule has 1 amide bonds. The van der Waals surface area contributed by atoms with Gasteiger partial charge in [-0.2, -0.15) is 0 Å². The van der Waals surface area contributed by atoms with Gasteiger partial charge in [-0.25, -0.2) is 0 Å². The van der Waals surface area contributed by atoms with Gasteiger partial charge in [0.2, 0.25) is 0 Å². The average molecular weight is 270 g/mol. The third-order valence-electron chi connectivity index (χ3n) is 2.83. The Balaban J connectivity index is 2.35. The van der Waals surface area contributed by atoms with E-state index in [0.717, 1.165) is 25.7 Å². The predicted molar refractivity (Wildman–Crippen MR) is 74.4 cm³/mol. The summed E-state index contributed by atoms with van der Waals surface area (Å²) >= 11 is 5.58. The van der Waals surface area contributed by atoms with E-state index in [-0.39, 0.29) is 11.7 Å². The van der Waals surface area contributed by atoms with E-state index in [0.29, 0.717) is 23.6 Å². The fourth-order valence-corrected chi connectivity index (χ4v) is 1.90. The lowest BCUT2D eigenvalue weighted by molar-refractivity contribution is 0.0950. The minimum absolute atomic E-state index is 0.0668. The van der Waals surface area contributed by atoms with Crippen molar-refractivity contribution in [3.8, 4) is 5.75 Å². The number of phenolic OH excluding ortho intramolecular Hbond substituents is 1. The van der Waals surface area contributed by atoms with E-state index in [1.165, 1.54) is 0 Å². The Morgan fingerprint density at radius 3 is 2.72 bits per heavy atom. The summed E-state index contributed by atoms with van der Waals surface area (Å²) in [5, 5.41) is 12.6. The number of carbonyl (C=O) groups is 1. The number of benzene rings is 1. The second-order valence-corrected chi connectivity index (χ2v) is 4.71. The summed E-state index contributed by atoms with van der Waals surface area (Å²) in [6.07, 6.45) is 4.12. The Hall–Kier alpha value is -1.22. The number of halogens is 1. The number of aryl methyl sites for hydroxylation is 1. The Morgan fingerprint density at radius 1 is 1.28 bits per heavy atom. The van der Waals surface area contributed by atoms with E-state index in [2.05, 4.69) is 5.32 Å². The molecule has 2 N–H and O–H groups in total. The molecule has 0 fully saturated rings. The third-order valence-corrected chi connectivity index (χ3v) is 3.10. The first-order valence-corrected chi connectivity index (χ1v) is 6.83. The minimum atomic E-state index is -0.214. The van der Waals surface area contributed by atoms with Gasteiger partial charge < -0.3 is 10.4 Å². The van der Waals surface area contributed by atoms with Crippen LogP contribution in [0.2, 0.25) is 0 Å². The Labute approximate surface area is 113 Å². The molecule has 0 saturated heterocycles. The van der Waals surface area contributed by atoms with Crippen LogP contribution in [0.1, 0.15) is 41.6 Å². The molecule has 3 nitrogen and oxygen atoms in total. The molecule has 0 aromatic heterocycles. The molecule has 1 rings (SSSR count). The fourth-order valence-electron chi connectivity index (χ4n) is 1.71. The van der Waals surface area contributed by atoms with Crippen LogP contribution in [0, 0.1) is 6.92 Å². The first-order valence-electron chi connectivity index (χ1n) is 6.29. The second kappa shape index (κ2) is 7.98. The van der Waals surface area contributed by atoms with Crippen LogP contribution in [-0.2, 0) is 0 Å². The zero-order valence-electron chi connectivity index (χ0n) is 10.7. The summed E-state index contributed by atoms with van der Waals surface area (Å²) in [6.45, 7) is 2.41. The highest BCUT2D eigenvalue weighted by Crippen LogP contribution is 2.20. The van der Waals surface area contributed by atoms with Gasteiger partial charge in [0.05, 0.1) is 5.56 Å². The van der Waals surface area contributed by atoms with E-state index in [9.17, 15) is 9.90 Å². The van der Waals surface area contributed by atoms with Gasteiger partial charge in [-0.3, -0.25) is 4.79 Å². The monoisotopic (exact) mass is 269 g/mol. The number of phenols is 1. The van der Waals surface area contributed by atoms with Gasteiger partial charge >= 0.3 is 0 Å². The normalized spacial score (nSPS) is 10.3. The van der Waals surface area contributed by atoms with Gasteiger partial charge in [-0.15, -0.1) is 11.6 Å². The van der Waals surface area contributed by atoms with E-state index < -0.39 is 0 Å². The Morgan fingerprint density at radius 2 is 2.00 bits per heavy atom. The summed E-state index contributed by atoms with van der Waals surface area (Å²) in [5.74, 6) is 0.550. The second-order valence-electron chi connectivity index (χ2n) is 4.33. The molecule has 0 saturated carbocycles. The van der Waals surface area contributed by atoms with Crippen molar-refractivity contribution in [1.82, 2.24) is 5.32 Å². The number of amides is 1. The summed E-state index contributed by atoms with van der Waals surface area (Å²) < 4.78 is 0. The highest BCUT2D eigenvalue weighted by Gasteiger charge is 2.11. The van der Waals surface area contributed by atoms with Gasteiger partial charge in [-0.05, 0) is 31.4 Å². The van der Waals surface area contributed by atoms with Crippen molar-refractivity contribution in [1.29, 1.82) is 0 Å². The van der Waals surface area contributed by atoms with Crippen molar-refractivity contribution >= 4 is 17.5 Å². The highest BCUT2D eigenvalue weighted by atomic mass is 35.5. The van der Waals surface area contributed by atoms with Crippen LogP contribution in [0.15, 0.2) is 18.2 Å². The summed E-state index contributed by atoms with van der Waals surface area (Å²) in [5.41, 5.74) is 1.06. The number of alkyl halides is 1. The van der Waals surface area contributed by atoms with Crippen LogP contribution < -0.4 is 5.32 Å². The molecule has 18 heavy (non-hydrogen) atoms. The maximum absolute atomic E-state index is 11.8. The largest absolute Gasteiger partial charge is 0.507 e. The van der Waals surface area contributed by atoms with Crippen LogP contribution in [-0.4, -0.2) is 23.4 Å². The lowest BCUT2D eigenvalue weighted by Gasteiger charge is -2.08. The van der Waals surface area contributed by atoms with Crippen LogP contribution in [0.3, 0.4) is 0 Å². The van der Waals surface area contributed by atoms with Crippen molar-refractivity contribution in [2.45, 2.75) is 32.6 Å². The Kier molecular flexibility index (Phi) is 6.58. The van der Waals surface area contributed by atoms with Crippen LogP contribution in [0.4, 0.5) is 0 Å². The van der Waals surface area contributed by atoms with E-state index >= 15 is 0 Å². The Bertz CT molecular complexity index is 393. The fraction of sp³-hybridized carbons (Fsp3) is 0.500. The molecule has 0 unspecified atom stereocenters. The maximum atomic E-state index is 11.8. The van der Waals surface area contributed by atoms with Crippen LogP contribution >= 0.6 is 11.6 Å². The van der Waals surface area contributed by atoms with Crippen molar-refractivity contribution in [2.75, 3.05) is 12.4 Å². The summed E-state index contributed by atoms with van der Waals surface area (Å²) in [4.78, 5) is 11.8. The zero-order chi connectivity index (χ0) is 13.4. The van der Waals surface area contributed by atoms with E-state index in [1.807, 2.05) is 0 Å². The maximum Gasteiger partial charge on any atom is 0.255 e. The zero-order valence-corrected chi connectivity index (χ0v) is 11.5. The number of hydrogen-bond acceptors (Lipinski definition) is 2. The number of rotatable bonds is 7. The predicted octanol–water partition coefficient (Wildman–Crippen LogP) is 3.23. The van der Waals surface area contributed by atoms with Crippen LogP contribution in [0.25, 0.3) is 0 Å². The third kappa shape index (κ3) is 4.57. The molecular weight excluding hydrogens is 250 g/mol. The molecule has 0 heterocycles. The molecule has 0 atom stereocenters. The number of para-hydroxylation sites is 1. The topological polar surface area (TPSA) is 49.3 Å². The van der Waals surface area contributed by atoms with Gasteiger partial charge in [-0.1, -0.05) is 25.0 Å². The standard InChI is InChI=1S/C14H20ClNO2/c1-11-7-6-8-12(13(11)17)14(18)16-10-5-3-2-4-9-15/h6-8,17H,2-5,9-10H2,1H3,(H,16,18). The SMILES string of the molecule is Cc1cccc(C(=O)NCCCCCCCl)c1O. The van der Waals surface area contributed by atoms with E-state index in [1.54, 1.807) is 25.1 Å². The lowest BCUT2D eigenvalue weighted by Crippen LogP contribution is -2.24. The van der Waals surface area contributed by atoms with Crippen LogP contribution in [0.5, 0.6) is 5.75 Å². The minimum Gasteiger partial charge on any atom is -0.507 e. The number of unbranched alkanes of at least 4 members (excludes halogenated alkanes) is 3. The first-order chi connectivity index (χ1) is 8.66.